The average molecular weight is 414 g/mol. The zero-order valence-electron chi connectivity index (χ0n) is 16.4. The molecule has 3 aromatic rings. The molecule has 1 aliphatic rings. The fourth-order valence-electron chi connectivity index (χ4n) is 3.17. The molecule has 0 spiro atoms. The van der Waals surface area contributed by atoms with Gasteiger partial charge in [-0.15, -0.1) is 5.10 Å². The van der Waals surface area contributed by atoms with E-state index >= 15 is 0 Å². The van der Waals surface area contributed by atoms with Crippen molar-refractivity contribution in [2.45, 2.75) is 44.2 Å². The van der Waals surface area contributed by atoms with Crippen molar-refractivity contribution < 1.29 is 8.42 Å². The number of nitrogens with one attached hydrogen (secondary N) is 1. The molecule has 1 aliphatic carbocycles. The average Bonchev–Trinajstić information content (AvgIpc) is 3.48. The van der Waals surface area contributed by atoms with Gasteiger partial charge in [0.05, 0.1) is 11.4 Å². The Bertz CT molecular complexity index is 1190. The van der Waals surface area contributed by atoms with Crippen molar-refractivity contribution in [2.75, 3.05) is 6.54 Å². The lowest BCUT2D eigenvalue weighted by Gasteiger charge is -2.08. The maximum absolute atomic E-state index is 12.8. The normalized spacial score (nSPS) is 14.3. The maximum Gasteiger partial charge on any atom is 0.346 e. The molecule has 0 radical (unpaired) electrons. The van der Waals surface area contributed by atoms with Crippen LogP contribution >= 0.6 is 0 Å². The molecule has 9 heteroatoms. The van der Waals surface area contributed by atoms with Crippen LogP contribution in [0.15, 0.2) is 52.4 Å². The van der Waals surface area contributed by atoms with Crippen molar-refractivity contribution in [3.05, 3.63) is 64.3 Å². The van der Waals surface area contributed by atoms with E-state index < -0.39 is 10.0 Å². The van der Waals surface area contributed by atoms with E-state index in [4.69, 9.17) is 0 Å². The first-order valence-electron chi connectivity index (χ1n) is 9.53. The molecule has 1 aromatic carbocycles. The standard InChI is InChI=1S/C20H23N5O3S/c1-14-5-8-18(12-15(14)2)29(27,28)22-10-11-24-20(26)25(17-6-7-17)19(23-24)16-4-3-9-21-13-16/h3-5,8-9,12-13,17,22H,6-7,10-11H2,1-2H3. The molecule has 0 aliphatic heterocycles. The van der Waals surface area contributed by atoms with E-state index in [9.17, 15) is 13.2 Å². The highest BCUT2D eigenvalue weighted by atomic mass is 32.2. The second-order valence-corrected chi connectivity index (χ2v) is 9.08. The van der Waals surface area contributed by atoms with E-state index in [-0.39, 0.29) is 29.7 Å². The minimum atomic E-state index is -3.65. The largest absolute Gasteiger partial charge is 0.346 e. The third-order valence-corrected chi connectivity index (χ3v) is 6.57. The summed E-state index contributed by atoms with van der Waals surface area (Å²) in [5.74, 6) is 0.572. The molecular formula is C20H23N5O3S. The zero-order valence-corrected chi connectivity index (χ0v) is 17.2. The Kier molecular flexibility index (Phi) is 5.10. The molecule has 8 nitrogen and oxygen atoms in total. The van der Waals surface area contributed by atoms with Crippen LogP contribution in [-0.2, 0) is 16.6 Å². The van der Waals surface area contributed by atoms with Gasteiger partial charge in [-0.25, -0.2) is 22.6 Å². The highest BCUT2D eigenvalue weighted by Crippen LogP contribution is 2.36. The molecule has 152 valence electrons. The first kappa shape index (κ1) is 19.5. The number of hydrogen-bond donors (Lipinski definition) is 1. The number of aromatic nitrogens is 4. The second kappa shape index (κ2) is 7.57. The summed E-state index contributed by atoms with van der Waals surface area (Å²) < 4.78 is 30.7. The fraction of sp³-hybridized carbons (Fsp3) is 0.350. The number of sulfonamides is 1. The smallest absolute Gasteiger partial charge is 0.272 e. The molecule has 2 aromatic heterocycles. The number of hydrogen-bond acceptors (Lipinski definition) is 5. The molecule has 2 heterocycles. The summed E-state index contributed by atoms with van der Waals surface area (Å²) in [5, 5.41) is 4.45. The quantitative estimate of drug-likeness (QED) is 0.639. The van der Waals surface area contributed by atoms with Crippen LogP contribution < -0.4 is 10.4 Å². The van der Waals surface area contributed by atoms with Crippen LogP contribution in [-0.4, -0.2) is 34.3 Å². The van der Waals surface area contributed by atoms with Crippen molar-refractivity contribution in [1.29, 1.82) is 0 Å². The maximum atomic E-state index is 12.8. The Morgan fingerprint density at radius 1 is 1.17 bits per heavy atom. The minimum absolute atomic E-state index is 0.0727. The summed E-state index contributed by atoms with van der Waals surface area (Å²) in [6.45, 7) is 4.03. The SMILES string of the molecule is Cc1ccc(S(=O)(=O)NCCn2nc(-c3cccnc3)n(C3CC3)c2=O)cc1C. The zero-order chi connectivity index (χ0) is 20.6. The van der Waals surface area contributed by atoms with Gasteiger partial charge in [-0.05, 0) is 62.1 Å². The van der Waals surface area contributed by atoms with Gasteiger partial charge in [-0.1, -0.05) is 6.07 Å². The van der Waals surface area contributed by atoms with Gasteiger partial charge in [-0.3, -0.25) is 9.55 Å². The van der Waals surface area contributed by atoms with Crippen molar-refractivity contribution in [2.24, 2.45) is 0 Å². The van der Waals surface area contributed by atoms with Gasteiger partial charge in [0, 0.05) is 30.5 Å². The van der Waals surface area contributed by atoms with Crippen molar-refractivity contribution in [3.8, 4) is 11.4 Å². The van der Waals surface area contributed by atoms with Crippen molar-refractivity contribution in [3.63, 3.8) is 0 Å². The second-order valence-electron chi connectivity index (χ2n) is 7.32. The fourth-order valence-corrected chi connectivity index (χ4v) is 4.28. The number of aryl methyl sites for hydroxylation is 2. The van der Waals surface area contributed by atoms with Gasteiger partial charge < -0.3 is 0 Å². The number of rotatable bonds is 7. The third kappa shape index (κ3) is 4.01. The molecule has 1 saturated carbocycles. The molecule has 1 fully saturated rings. The van der Waals surface area contributed by atoms with Crippen LogP contribution in [0.5, 0.6) is 0 Å². The van der Waals surface area contributed by atoms with E-state index in [1.54, 1.807) is 41.2 Å². The van der Waals surface area contributed by atoms with Gasteiger partial charge in [-0.2, -0.15) is 0 Å². The molecule has 0 saturated heterocycles. The Morgan fingerprint density at radius 3 is 2.62 bits per heavy atom. The molecular weight excluding hydrogens is 390 g/mol. The van der Waals surface area contributed by atoms with Crippen LogP contribution in [0.4, 0.5) is 0 Å². The van der Waals surface area contributed by atoms with Crippen molar-refractivity contribution in [1.82, 2.24) is 24.1 Å². The summed E-state index contributed by atoms with van der Waals surface area (Å²) in [7, 11) is -3.65. The topological polar surface area (TPSA) is 98.9 Å². The summed E-state index contributed by atoms with van der Waals surface area (Å²) >= 11 is 0. The van der Waals surface area contributed by atoms with Crippen molar-refractivity contribution >= 4 is 10.0 Å². The monoisotopic (exact) mass is 413 g/mol. The number of benzene rings is 1. The Hall–Kier alpha value is -2.78. The first-order valence-corrected chi connectivity index (χ1v) is 11.0. The van der Waals surface area contributed by atoms with E-state index in [1.807, 2.05) is 19.9 Å². The highest BCUT2D eigenvalue weighted by molar-refractivity contribution is 7.89. The van der Waals surface area contributed by atoms with Crippen LogP contribution in [0.1, 0.15) is 30.0 Å². The van der Waals surface area contributed by atoms with Gasteiger partial charge in [0.1, 0.15) is 0 Å². The molecule has 0 amide bonds. The summed E-state index contributed by atoms with van der Waals surface area (Å²) in [6, 6.07) is 8.82. The van der Waals surface area contributed by atoms with Gasteiger partial charge in [0.25, 0.3) is 0 Å². The first-order chi connectivity index (χ1) is 13.9. The molecule has 1 N–H and O–H groups in total. The number of pyridine rings is 1. The molecule has 4 rings (SSSR count). The summed E-state index contributed by atoms with van der Waals surface area (Å²) in [5.41, 5.74) is 2.49. The van der Waals surface area contributed by atoms with Gasteiger partial charge in [0.15, 0.2) is 5.82 Å². The van der Waals surface area contributed by atoms with Gasteiger partial charge in [0.2, 0.25) is 10.0 Å². The summed E-state index contributed by atoms with van der Waals surface area (Å²) in [6.07, 6.45) is 5.23. The summed E-state index contributed by atoms with van der Waals surface area (Å²) in [4.78, 5) is 17.1. The van der Waals surface area contributed by atoms with E-state index in [0.717, 1.165) is 29.5 Å². The minimum Gasteiger partial charge on any atom is -0.272 e. The Labute approximate surface area is 169 Å². The van der Waals surface area contributed by atoms with Gasteiger partial charge >= 0.3 is 5.69 Å². The lowest BCUT2D eigenvalue weighted by molar-refractivity contribution is 0.547. The molecule has 0 atom stereocenters. The predicted molar refractivity (Wildman–Crippen MR) is 109 cm³/mol. The van der Waals surface area contributed by atoms with Crippen LogP contribution in [0.25, 0.3) is 11.4 Å². The Balaban J connectivity index is 1.53. The van der Waals surface area contributed by atoms with Crippen LogP contribution in [0.3, 0.4) is 0 Å². The molecule has 0 unspecified atom stereocenters. The third-order valence-electron chi connectivity index (χ3n) is 5.11. The van der Waals surface area contributed by atoms with E-state index in [1.165, 1.54) is 4.68 Å². The highest BCUT2D eigenvalue weighted by Gasteiger charge is 2.30. The predicted octanol–water partition coefficient (Wildman–Crippen LogP) is 2.04. The van der Waals surface area contributed by atoms with E-state index in [0.29, 0.717) is 5.82 Å². The van der Waals surface area contributed by atoms with Crippen LogP contribution in [0, 0.1) is 13.8 Å². The molecule has 0 bridgehead atoms. The number of nitrogens with zero attached hydrogens (tertiary/aromatic N) is 4. The lowest BCUT2D eigenvalue weighted by Crippen LogP contribution is -2.32. The lowest BCUT2D eigenvalue weighted by atomic mass is 10.1. The molecule has 29 heavy (non-hydrogen) atoms. The van der Waals surface area contributed by atoms with E-state index in [2.05, 4.69) is 14.8 Å². The Morgan fingerprint density at radius 2 is 1.97 bits per heavy atom. The van der Waals surface area contributed by atoms with Crippen LogP contribution in [0.2, 0.25) is 0 Å².